The molecule has 3 unspecified atom stereocenters. The Morgan fingerprint density at radius 1 is 1.11 bits per heavy atom. The van der Waals surface area contributed by atoms with E-state index in [-0.39, 0.29) is 11.9 Å². The second kappa shape index (κ2) is 5.83. The molecule has 0 amide bonds. The average molecular weight is 249 g/mol. The van der Waals surface area contributed by atoms with Crippen molar-refractivity contribution in [2.45, 2.75) is 52.1 Å². The van der Waals surface area contributed by atoms with E-state index in [1.54, 1.807) is 12.1 Å². The van der Waals surface area contributed by atoms with Crippen molar-refractivity contribution in [1.82, 2.24) is 5.32 Å². The van der Waals surface area contributed by atoms with Gasteiger partial charge in [0.2, 0.25) is 0 Å². The van der Waals surface area contributed by atoms with Gasteiger partial charge in [-0.15, -0.1) is 0 Å². The highest BCUT2D eigenvalue weighted by atomic mass is 19.1. The summed E-state index contributed by atoms with van der Waals surface area (Å²) in [6, 6.07) is 7.69. The second-order valence-electron chi connectivity index (χ2n) is 6.02. The Kier molecular flexibility index (Phi) is 4.39. The van der Waals surface area contributed by atoms with Crippen LogP contribution in [0.5, 0.6) is 0 Å². The lowest BCUT2D eigenvalue weighted by molar-refractivity contribution is 0.227. The molecule has 0 saturated heterocycles. The van der Waals surface area contributed by atoms with Crippen LogP contribution in [0.3, 0.4) is 0 Å². The SMILES string of the molecule is CC1CC(C)CC(NC(C)c2ccccc2F)C1. The summed E-state index contributed by atoms with van der Waals surface area (Å²) in [4.78, 5) is 0. The van der Waals surface area contributed by atoms with Crippen LogP contribution >= 0.6 is 0 Å². The molecule has 1 fully saturated rings. The minimum Gasteiger partial charge on any atom is -0.307 e. The summed E-state index contributed by atoms with van der Waals surface area (Å²) in [6.45, 7) is 6.69. The zero-order valence-corrected chi connectivity index (χ0v) is 11.6. The van der Waals surface area contributed by atoms with E-state index in [1.165, 1.54) is 19.3 Å². The van der Waals surface area contributed by atoms with Crippen LogP contribution in [0.25, 0.3) is 0 Å². The van der Waals surface area contributed by atoms with Crippen molar-refractivity contribution in [2.24, 2.45) is 11.8 Å². The second-order valence-corrected chi connectivity index (χ2v) is 6.02. The Labute approximate surface area is 110 Å². The first kappa shape index (κ1) is 13.5. The molecule has 1 aromatic carbocycles. The maximum atomic E-state index is 13.7. The van der Waals surface area contributed by atoms with Gasteiger partial charge in [0.1, 0.15) is 5.82 Å². The molecule has 0 heterocycles. The van der Waals surface area contributed by atoms with E-state index < -0.39 is 0 Å². The Morgan fingerprint density at radius 2 is 1.72 bits per heavy atom. The molecular formula is C16H24FN. The molecule has 0 bridgehead atoms. The molecule has 1 saturated carbocycles. The Balaban J connectivity index is 1.99. The normalized spacial score (nSPS) is 30.1. The molecule has 2 heteroatoms. The summed E-state index contributed by atoms with van der Waals surface area (Å²) in [5.41, 5.74) is 0.781. The molecule has 2 rings (SSSR count). The van der Waals surface area contributed by atoms with Crippen LogP contribution in [0.15, 0.2) is 24.3 Å². The monoisotopic (exact) mass is 249 g/mol. The van der Waals surface area contributed by atoms with E-state index in [9.17, 15) is 4.39 Å². The van der Waals surface area contributed by atoms with Gasteiger partial charge in [0.05, 0.1) is 0 Å². The molecule has 1 N–H and O–H groups in total. The fourth-order valence-electron chi connectivity index (χ4n) is 3.35. The zero-order valence-electron chi connectivity index (χ0n) is 11.6. The summed E-state index contributed by atoms with van der Waals surface area (Å²) >= 11 is 0. The Hall–Kier alpha value is -0.890. The van der Waals surface area contributed by atoms with Gasteiger partial charge in [-0.05, 0) is 44.1 Å². The summed E-state index contributed by atoms with van der Waals surface area (Å²) < 4.78 is 13.7. The minimum absolute atomic E-state index is 0.0914. The standard InChI is InChI=1S/C16H24FN/c1-11-8-12(2)10-14(9-11)18-13(3)15-6-4-5-7-16(15)17/h4-7,11-14,18H,8-10H2,1-3H3. The van der Waals surface area contributed by atoms with Crippen LogP contribution in [0, 0.1) is 17.7 Å². The summed E-state index contributed by atoms with van der Waals surface area (Å²) in [5.74, 6) is 1.45. The summed E-state index contributed by atoms with van der Waals surface area (Å²) in [6.07, 6.45) is 3.75. The number of hydrogen-bond acceptors (Lipinski definition) is 1. The third-order valence-electron chi connectivity index (χ3n) is 4.04. The van der Waals surface area contributed by atoms with Crippen molar-refractivity contribution < 1.29 is 4.39 Å². The average Bonchev–Trinajstić information content (AvgIpc) is 2.27. The van der Waals surface area contributed by atoms with Gasteiger partial charge in [-0.3, -0.25) is 0 Å². The predicted octanol–water partition coefficient (Wildman–Crippen LogP) is 4.30. The van der Waals surface area contributed by atoms with E-state index in [0.717, 1.165) is 17.4 Å². The molecule has 18 heavy (non-hydrogen) atoms. The molecule has 1 aliphatic carbocycles. The minimum atomic E-state index is -0.102. The fraction of sp³-hybridized carbons (Fsp3) is 0.625. The first-order chi connectivity index (χ1) is 8.56. The third-order valence-corrected chi connectivity index (χ3v) is 4.04. The molecule has 0 aliphatic heterocycles. The Bertz CT molecular complexity index is 380. The Morgan fingerprint density at radius 3 is 2.33 bits per heavy atom. The fourth-order valence-corrected chi connectivity index (χ4v) is 3.35. The highest BCUT2D eigenvalue weighted by molar-refractivity contribution is 5.20. The number of halogens is 1. The molecule has 0 aromatic heterocycles. The van der Waals surface area contributed by atoms with E-state index in [4.69, 9.17) is 0 Å². The van der Waals surface area contributed by atoms with Crippen molar-refractivity contribution in [3.05, 3.63) is 35.6 Å². The highest BCUT2D eigenvalue weighted by Crippen LogP contribution is 2.30. The zero-order chi connectivity index (χ0) is 13.1. The number of hydrogen-bond donors (Lipinski definition) is 1. The maximum Gasteiger partial charge on any atom is 0.127 e. The van der Waals surface area contributed by atoms with Crippen molar-refractivity contribution >= 4 is 0 Å². The molecule has 1 aromatic rings. The van der Waals surface area contributed by atoms with E-state index >= 15 is 0 Å². The van der Waals surface area contributed by atoms with Crippen LogP contribution in [-0.4, -0.2) is 6.04 Å². The van der Waals surface area contributed by atoms with E-state index in [1.807, 2.05) is 12.1 Å². The van der Waals surface area contributed by atoms with Crippen LogP contribution in [0.4, 0.5) is 4.39 Å². The van der Waals surface area contributed by atoms with Gasteiger partial charge in [0, 0.05) is 17.6 Å². The largest absolute Gasteiger partial charge is 0.307 e. The van der Waals surface area contributed by atoms with Crippen LogP contribution < -0.4 is 5.32 Å². The number of rotatable bonds is 3. The quantitative estimate of drug-likeness (QED) is 0.842. The van der Waals surface area contributed by atoms with Gasteiger partial charge in [-0.25, -0.2) is 4.39 Å². The van der Waals surface area contributed by atoms with Gasteiger partial charge in [0.15, 0.2) is 0 Å². The molecule has 3 atom stereocenters. The van der Waals surface area contributed by atoms with Crippen molar-refractivity contribution in [2.75, 3.05) is 0 Å². The van der Waals surface area contributed by atoms with Gasteiger partial charge in [-0.2, -0.15) is 0 Å². The lowest BCUT2D eigenvalue weighted by Gasteiger charge is -2.34. The van der Waals surface area contributed by atoms with Crippen LogP contribution in [0.2, 0.25) is 0 Å². The van der Waals surface area contributed by atoms with Crippen molar-refractivity contribution in [3.8, 4) is 0 Å². The van der Waals surface area contributed by atoms with Gasteiger partial charge < -0.3 is 5.32 Å². The molecular weight excluding hydrogens is 225 g/mol. The van der Waals surface area contributed by atoms with Crippen molar-refractivity contribution in [3.63, 3.8) is 0 Å². The predicted molar refractivity (Wildman–Crippen MR) is 73.9 cm³/mol. The smallest absolute Gasteiger partial charge is 0.127 e. The maximum absolute atomic E-state index is 13.7. The molecule has 0 radical (unpaired) electrons. The summed E-state index contributed by atoms with van der Waals surface area (Å²) in [7, 11) is 0. The van der Waals surface area contributed by atoms with Crippen LogP contribution in [-0.2, 0) is 0 Å². The first-order valence-corrected chi connectivity index (χ1v) is 7.06. The van der Waals surface area contributed by atoms with Gasteiger partial charge in [0.25, 0.3) is 0 Å². The third kappa shape index (κ3) is 3.32. The molecule has 1 nitrogen and oxygen atoms in total. The lowest BCUT2D eigenvalue weighted by atomic mass is 9.80. The number of benzene rings is 1. The first-order valence-electron chi connectivity index (χ1n) is 7.06. The molecule has 1 aliphatic rings. The van der Waals surface area contributed by atoms with Gasteiger partial charge in [-0.1, -0.05) is 32.0 Å². The molecule has 100 valence electrons. The van der Waals surface area contributed by atoms with E-state index in [0.29, 0.717) is 6.04 Å². The molecule has 0 spiro atoms. The van der Waals surface area contributed by atoms with Crippen LogP contribution in [0.1, 0.15) is 51.6 Å². The van der Waals surface area contributed by atoms with E-state index in [2.05, 4.69) is 26.1 Å². The highest BCUT2D eigenvalue weighted by Gasteiger charge is 2.25. The lowest BCUT2D eigenvalue weighted by Crippen LogP contribution is -2.38. The van der Waals surface area contributed by atoms with Gasteiger partial charge >= 0.3 is 0 Å². The number of nitrogens with one attached hydrogen (secondary N) is 1. The van der Waals surface area contributed by atoms with Crippen molar-refractivity contribution in [1.29, 1.82) is 0 Å². The topological polar surface area (TPSA) is 12.0 Å². The summed E-state index contributed by atoms with van der Waals surface area (Å²) in [5, 5.41) is 3.60.